The van der Waals surface area contributed by atoms with Gasteiger partial charge in [-0.05, 0) is 36.8 Å². The maximum absolute atomic E-state index is 6.03. The van der Waals surface area contributed by atoms with E-state index in [0.29, 0.717) is 23.1 Å². The summed E-state index contributed by atoms with van der Waals surface area (Å²) in [4.78, 5) is 4.15. The average molecular weight is 328 g/mol. The molecule has 0 unspecified atom stereocenters. The minimum absolute atomic E-state index is 0.293. The molecule has 0 aliphatic heterocycles. The Morgan fingerprint density at radius 2 is 2.11 bits per heavy atom. The molecule has 0 bridgehead atoms. The number of ether oxygens (including phenoxy) is 1. The van der Waals surface area contributed by atoms with E-state index in [4.69, 9.17) is 22.1 Å². The van der Waals surface area contributed by atoms with E-state index in [2.05, 4.69) is 20.9 Å². The van der Waals surface area contributed by atoms with Gasteiger partial charge in [0.15, 0.2) is 0 Å². The second-order valence-corrected chi connectivity index (χ2v) is 5.19. The third-order valence-electron chi connectivity index (χ3n) is 2.45. The van der Waals surface area contributed by atoms with Crippen molar-refractivity contribution in [2.75, 3.05) is 5.73 Å². The van der Waals surface area contributed by atoms with Gasteiger partial charge in [-0.25, -0.2) is 4.98 Å². The summed E-state index contributed by atoms with van der Waals surface area (Å²) in [5, 5.41) is 0.553. The molecule has 0 spiro atoms. The van der Waals surface area contributed by atoms with Crippen molar-refractivity contribution in [3.05, 3.63) is 51.1 Å². The van der Waals surface area contributed by atoms with Gasteiger partial charge in [-0.15, -0.1) is 0 Å². The Hall–Kier alpha value is -1.26. The Bertz CT molecular complexity index is 523. The Morgan fingerprint density at radius 1 is 1.33 bits per heavy atom. The Balaban J connectivity index is 2.16. The number of rotatable bonds is 3. The molecule has 3 nitrogen and oxygen atoms in total. The topological polar surface area (TPSA) is 48.1 Å². The minimum Gasteiger partial charge on any atom is -0.487 e. The molecule has 1 aromatic heterocycles. The molecule has 0 saturated carbocycles. The molecule has 0 fully saturated rings. The third kappa shape index (κ3) is 3.15. The van der Waals surface area contributed by atoms with E-state index < -0.39 is 0 Å². The lowest BCUT2D eigenvalue weighted by Gasteiger charge is -2.10. The number of aryl methyl sites for hydroxylation is 1. The number of aromatic nitrogens is 1. The van der Waals surface area contributed by atoms with Crippen LogP contribution in [0.1, 0.15) is 11.3 Å². The van der Waals surface area contributed by atoms with Crippen molar-refractivity contribution >= 4 is 33.3 Å². The van der Waals surface area contributed by atoms with Gasteiger partial charge in [-0.2, -0.15) is 0 Å². The SMILES string of the molecule is Cc1ccc(Br)cc1OCc1nc(N)ccc1Cl. The van der Waals surface area contributed by atoms with Gasteiger partial charge in [0.2, 0.25) is 0 Å². The zero-order chi connectivity index (χ0) is 13.1. The molecular formula is C13H12BrClN2O. The van der Waals surface area contributed by atoms with Crippen molar-refractivity contribution in [3.8, 4) is 5.75 Å². The number of anilines is 1. The van der Waals surface area contributed by atoms with Crippen LogP contribution >= 0.6 is 27.5 Å². The van der Waals surface area contributed by atoms with Crippen LogP contribution in [0.15, 0.2) is 34.8 Å². The van der Waals surface area contributed by atoms with Crippen molar-refractivity contribution in [1.29, 1.82) is 0 Å². The summed E-state index contributed by atoms with van der Waals surface area (Å²) in [6, 6.07) is 9.24. The lowest BCUT2D eigenvalue weighted by molar-refractivity contribution is 0.299. The fourth-order valence-electron chi connectivity index (χ4n) is 1.48. The molecular weight excluding hydrogens is 316 g/mol. The summed E-state index contributed by atoms with van der Waals surface area (Å²) in [6.07, 6.45) is 0. The maximum Gasteiger partial charge on any atom is 0.132 e. The fourth-order valence-corrected chi connectivity index (χ4v) is 1.98. The standard InChI is InChI=1S/C13H12BrClN2O/c1-8-2-3-9(14)6-12(8)18-7-11-10(15)4-5-13(16)17-11/h2-6H,7H2,1H3,(H2,16,17). The van der Waals surface area contributed by atoms with Crippen molar-refractivity contribution in [2.24, 2.45) is 0 Å². The molecule has 94 valence electrons. The van der Waals surface area contributed by atoms with E-state index in [-0.39, 0.29) is 0 Å². The van der Waals surface area contributed by atoms with Gasteiger partial charge in [0.25, 0.3) is 0 Å². The highest BCUT2D eigenvalue weighted by Gasteiger charge is 2.06. The minimum atomic E-state index is 0.293. The van der Waals surface area contributed by atoms with Gasteiger partial charge >= 0.3 is 0 Å². The molecule has 0 amide bonds. The third-order valence-corrected chi connectivity index (χ3v) is 3.29. The second kappa shape index (κ2) is 5.59. The van der Waals surface area contributed by atoms with Crippen LogP contribution in [0.25, 0.3) is 0 Å². The molecule has 1 aromatic carbocycles. The normalized spacial score (nSPS) is 10.4. The number of pyridine rings is 1. The molecule has 2 N–H and O–H groups in total. The first-order valence-electron chi connectivity index (χ1n) is 5.36. The van der Waals surface area contributed by atoms with Gasteiger partial charge in [0.05, 0.1) is 10.7 Å². The Morgan fingerprint density at radius 3 is 2.89 bits per heavy atom. The molecule has 0 atom stereocenters. The van der Waals surface area contributed by atoms with Crippen LogP contribution in [-0.4, -0.2) is 4.98 Å². The predicted molar refractivity (Wildman–Crippen MR) is 76.9 cm³/mol. The molecule has 0 radical (unpaired) electrons. The summed E-state index contributed by atoms with van der Waals surface area (Å²) in [7, 11) is 0. The Kier molecular flexibility index (Phi) is 4.09. The summed E-state index contributed by atoms with van der Waals surface area (Å²) >= 11 is 9.43. The highest BCUT2D eigenvalue weighted by molar-refractivity contribution is 9.10. The molecule has 5 heteroatoms. The highest BCUT2D eigenvalue weighted by Crippen LogP contribution is 2.24. The van der Waals surface area contributed by atoms with E-state index in [0.717, 1.165) is 15.8 Å². The van der Waals surface area contributed by atoms with Gasteiger partial charge in [0, 0.05) is 4.47 Å². The average Bonchev–Trinajstić information content (AvgIpc) is 2.34. The fraction of sp³-hybridized carbons (Fsp3) is 0.154. The first-order valence-corrected chi connectivity index (χ1v) is 6.53. The van der Waals surface area contributed by atoms with Crippen molar-refractivity contribution in [2.45, 2.75) is 13.5 Å². The molecule has 0 aliphatic carbocycles. The summed E-state index contributed by atoms with van der Waals surface area (Å²) in [6.45, 7) is 2.28. The second-order valence-electron chi connectivity index (χ2n) is 3.86. The van der Waals surface area contributed by atoms with Crippen LogP contribution in [-0.2, 0) is 6.61 Å². The van der Waals surface area contributed by atoms with Gasteiger partial charge < -0.3 is 10.5 Å². The number of hydrogen-bond donors (Lipinski definition) is 1. The summed E-state index contributed by atoms with van der Waals surface area (Å²) in [5.74, 6) is 1.23. The molecule has 2 aromatic rings. The highest BCUT2D eigenvalue weighted by atomic mass is 79.9. The Labute approximate surface area is 119 Å². The molecule has 18 heavy (non-hydrogen) atoms. The van der Waals surface area contributed by atoms with Crippen LogP contribution in [0.5, 0.6) is 5.75 Å². The van der Waals surface area contributed by atoms with E-state index in [1.54, 1.807) is 12.1 Å². The zero-order valence-corrected chi connectivity index (χ0v) is 12.1. The maximum atomic E-state index is 6.03. The lowest BCUT2D eigenvalue weighted by Crippen LogP contribution is -2.02. The molecule has 0 saturated heterocycles. The van der Waals surface area contributed by atoms with E-state index in [1.165, 1.54) is 0 Å². The van der Waals surface area contributed by atoms with Crippen LogP contribution in [0, 0.1) is 6.92 Å². The van der Waals surface area contributed by atoms with Crippen molar-refractivity contribution in [3.63, 3.8) is 0 Å². The van der Waals surface area contributed by atoms with E-state index in [1.807, 2.05) is 25.1 Å². The predicted octanol–water partition coefficient (Wildman–Crippen LogP) is 3.97. The van der Waals surface area contributed by atoms with Crippen molar-refractivity contribution in [1.82, 2.24) is 4.98 Å². The van der Waals surface area contributed by atoms with E-state index >= 15 is 0 Å². The van der Waals surface area contributed by atoms with Crippen molar-refractivity contribution < 1.29 is 4.74 Å². The number of benzene rings is 1. The zero-order valence-electron chi connectivity index (χ0n) is 9.78. The first kappa shape index (κ1) is 13.2. The van der Waals surface area contributed by atoms with Gasteiger partial charge in [-0.3, -0.25) is 0 Å². The first-order chi connectivity index (χ1) is 8.56. The number of hydrogen-bond acceptors (Lipinski definition) is 3. The number of nitrogens with zero attached hydrogens (tertiary/aromatic N) is 1. The van der Waals surface area contributed by atoms with Gasteiger partial charge in [-0.1, -0.05) is 33.6 Å². The quantitative estimate of drug-likeness (QED) is 0.928. The monoisotopic (exact) mass is 326 g/mol. The van der Waals surface area contributed by atoms with E-state index in [9.17, 15) is 0 Å². The lowest BCUT2D eigenvalue weighted by atomic mass is 10.2. The van der Waals surface area contributed by atoms with Gasteiger partial charge in [0.1, 0.15) is 18.2 Å². The van der Waals surface area contributed by atoms with Crippen LogP contribution in [0.2, 0.25) is 5.02 Å². The van der Waals surface area contributed by atoms with Crippen LogP contribution in [0.3, 0.4) is 0 Å². The summed E-state index contributed by atoms with van der Waals surface area (Å²) in [5.41, 5.74) is 7.31. The van der Waals surface area contributed by atoms with Crippen LogP contribution < -0.4 is 10.5 Å². The largest absolute Gasteiger partial charge is 0.487 e. The number of nitrogens with two attached hydrogens (primary N) is 1. The molecule has 2 rings (SSSR count). The molecule has 0 aliphatic rings. The number of halogens is 2. The summed E-state index contributed by atoms with van der Waals surface area (Å²) < 4.78 is 6.67. The molecule has 1 heterocycles. The van der Waals surface area contributed by atoms with Crippen LogP contribution in [0.4, 0.5) is 5.82 Å². The smallest absolute Gasteiger partial charge is 0.132 e. The number of nitrogen functional groups attached to an aromatic ring is 1.